The minimum absolute atomic E-state index is 0.318. The molecule has 0 saturated heterocycles. The van der Waals surface area contributed by atoms with Gasteiger partial charge < -0.3 is 20.1 Å². The molecule has 0 spiro atoms. The average molecular weight is 386 g/mol. The standard InChI is InChI=1S/C23H22N4O2/c1-3-27(20-10-6-8-16-7-4-5-9-19(16)20)22-21(24)23(26-15-25-22)29-18-13-11-17(28-2)12-14-18/h4-15H,3,24H2,1-2H3. The second-order valence-electron chi connectivity index (χ2n) is 6.44. The van der Waals surface area contributed by atoms with Gasteiger partial charge in [-0.1, -0.05) is 36.4 Å². The molecule has 0 radical (unpaired) electrons. The second kappa shape index (κ2) is 8.06. The van der Waals surface area contributed by atoms with E-state index < -0.39 is 0 Å². The number of hydrogen-bond donors (Lipinski definition) is 1. The first-order chi connectivity index (χ1) is 14.2. The molecule has 6 heteroatoms. The predicted molar refractivity (Wildman–Crippen MR) is 116 cm³/mol. The van der Waals surface area contributed by atoms with Crippen molar-refractivity contribution in [2.45, 2.75) is 6.92 Å². The Kier molecular flexibility index (Phi) is 5.16. The van der Waals surface area contributed by atoms with Crippen molar-refractivity contribution in [3.05, 3.63) is 73.1 Å². The van der Waals surface area contributed by atoms with E-state index in [-0.39, 0.29) is 0 Å². The van der Waals surface area contributed by atoms with E-state index in [0.29, 0.717) is 29.7 Å². The molecule has 4 aromatic rings. The van der Waals surface area contributed by atoms with E-state index in [4.69, 9.17) is 15.2 Å². The van der Waals surface area contributed by atoms with Gasteiger partial charge in [-0.15, -0.1) is 0 Å². The van der Waals surface area contributed by atoms with Crippen molar-refractivity contribution in [3.63, 3.8) is 0 Å². The Morgan fingerprint density at radius 3 is 2.38 bits per heavy atom. The summed E-state index contributed by atoms with van der Waals surface area (Å²) in [5.74, 6) is 2.30. The molecule has 3 aromatic carbocycles. The van der Waals surface area contributed by atoms with Crippen LogP contribution in [0.1, 0.15) is 6.92 Å². The van der Waals surface area contributed by atoms with Crippen LogP contribution in [0, 0.1) is 0 Å². The Balaban J connectivity index is 1.72. The van der Waals surface area contributed by atoms with Crippen LogP contribution in [0.25, 0.3) is 10.8 Å². The Labute approximate surface area is 169 Å². The van der Waals surface area contributed by atoms with E-state index in [9.17, 15) is 0 Å². The number of ether oxygens (including phenoxy) is 2. The fraction of sp³-hybridized carbons (Fsp3) is 0.130. The molecule has 0 bridgehead atoms. The minimum Gasteiger partial charge on any atom is -0.497 e. The van der Waals surface area contributed by atoms with E-state index in [1.54, 1.807) is 7.11 Å². The molecule has 2 N–H and O–H groups in total. The van der Waals surface area contributed by atoms with Gasteiger partial charge in [0.25, 0.3) is 0 Å². The molecule has 4 rings (SSSR count). The van der Waals surface area contributed by atoms with Crippen LogP contribution in [0.2, 0.25) is 0 Å². The molecule has 0 aliphatic heterocycles. The number of rotatable bonds is 6. The first-order valence-corrected chi connectivity index (χ1v) is 9.39. The van der Waals surface area contributed by atoms with E-state index in [2.05, 4.69) is 46.1 Å². The lowest BCUT2D eigenvalue weighted by molar-refractivity contribution is 0.412. The smallest absolute Gasteiger partial charge is 0.248 e. The third-order valence-corrected chi connectivity index (χ3v) is 4.73. The molecule has 0 atom stereocenters. The summed E-state index contributed by atoms with van der Waals surface area (Å²) < 4.78 is 11.1. The number of benzene rings is 3. The topological polar surface area (TPSA) is 73.5 Å². The SMILES string of the molecule is CCN(c1ncnc(Oc2ccc(OC)cc2)c1N)c1cccc2ccccc12. The van der Waals surface area contributed by atoms with Crippen LogP contribution in [-0.2, 0) is 0 Å². The molecular formula is C23H22N4O2. The summed E-state index contributed by atoms with van der Waals surface area (Å²) >= 11 is 0. The number of nitrogens with zero attached hydrogens (tertiary/aromatic N) is 3. The Bertz CT molecular complexity index is 1120. The van der Waals surface area contributed by atoms with Gasteiger partial charge >= 0.3 is 0 Å². The highest BCUT2D eigenvalue weighted by Crippen LogP contribution is 2.37. The van der Waals surface area contributed by atoms with E-state index in [0.717, 1.165) is 22.2 Å². The fourth-order valence-corrected chi connectivity index (χ4v) is 3.30. The number of aromatic nitrogens is 2. The van der Waals surface area contributed by atoms with Crippen LogP contribution in [-0.4, -0.2) is 23.6 Å². The van der Waals surface area contributed by atoms with Crippen molar-refractivity contribution in [1.29, 1.82) is 0 Å². The van der Waals surface area contributed by atoms with Gasteiger partial charge in [0, 0.05) is 11.9 Å². The Hall–Kier alpha value is -3.80. The largest absolute Gasteiger partial charge is 0.497 e. The third-order valence-electron chi connectivity index (χ3n) is 4.73. The first-order valence-electron chi connectivity index (χ1n) is 9.39. The number of methoxy groups -OCH3 is 1. The zero-order valence-electron chi connectivity index (χ0n) is 16.4. The van der Waals surface area contributed by atoms with Gasteiger partial charge in [-0.05, 0) is 42.6 Å². The zero-order chi connectivity index (χ0) is 20.2. The summed E-state index contributed by atoms with van der Waals surface area (Å²) in [6, 6.07) is 21.7. The van der Waals surface area contributed by atoms with Gasteiger partial charge in [-0.25, -0.2) is 4.98 Å². The van der Waals surface area contributed by atoms with E-state index in [1.165, 1.54) is 6.33 Å². The molecule has 0 aliphatic carbocycles. The summed E-state index contributed by atoms with van der Waals surface area (Å²) in [5.41, 5.74) is 7.85. The molecule has 0 fully saturated rings. The van der Waals surface area contributed by atoms with Crippen LogP contribution >= 0.6 is 0 Å². The first kappa shape index (κ1) is 18.6. The maximum atomic E-state index is 6.43. The van der Waals surface area contributed by atoms with Crippen molar-refractivity contribution >= 4 is 28.0 Å². The van der Waals surface area contributed by atoms with Gasteiger partial charge in [0.2, 0.25) is 5.88 Å². The van der Waals surface area contributed by atoms with E-state index in [1.807, 2.05) is 42.5 Å². The molecule has 0 aliphatic rings. The van der Waals surface area contributed by atoms with Crippen LogP contribution < -0.4 is 20.1 Å². The highest BCUT2D eigenvalue weighted by atomic mass is 16.5. The van der Waals surface area contributed by atoms with E-state index >= 15 is 0 Å². The molecule has 0 saturated carbocycles. The molecule has 0 amide bonds. The summed E-state index contributed by atoms with van der Waals surface area (Å²) in [6.45, 7) is 2.75. The van der Waals surface area contributed by atoms with Gasteiger partial charge in [0.15, 0.2) is 5.82 Å². The summed E-state index contributed by atoms with van der Waals surface area (Å²) in [7, 11) is 1.62. The Morgan fingerprint density at radius 2 is 1.62 bits per heavy atom. The van der Waals surface area contributed by atoms with Crippen molar-refractivity contribution in [2.75, 3.05) is 24.3 Å². The number of nitrogen functional groups attached to an aromatic ring is 1. The highest BCUT2D eigenvalue weighted by Gasteiger charge is 2.18. The number of nitrogens with two attached hydrogens (primary N) is 1. The van der Waals surface area contributed by atoms with Gasteiger partial charge in [-0.2, -0.15) is 4.98 Å². The quantitative estimate of drug-likeness (QED) is 0.493. The maximum Gasteiger partial charge on any atom is 0.248 e. The lowest BCUT2D eigenvalue weighted by Gasteiger charge is -2.25. The fourth-order valence-electron chi connectivity index (χ4n) is 3.30. The third kappa shape index (κ3) is 3.65. The van der Waals surface area contributed by atoms with Crippen molar-refractivity contribution in [3.8, 4) is 17.4 Å². The summed E-state index contributed by atoms with van der Waals surface area (Å²) in [5, 5.41) is 2.29. The second-order valence-corrected chi connectivity index (χ2v) is 6.44. The lowest BCUT2D eigenvalue weighted by Crippen LogP contribution is -2.19. The van der Waals surface area contributed by atoms with Gasteiger partial charge in [0.05, 0.1) is 12.8 Å². The van der Waals surface area contributed by atoms with Gasteiger partial charge in [0.1, 0.15) is 23.5 Å². The Morgan fingerprint density at radius 1 is 0.897 bits per heavy atom. The molecular weight excluding hydrogens is 364 g/mol. The number of fused-ring (bicyclic) bond motifs is 1. The van der Waals surface area contributed by atoms with Crippen LogP contribution in [0.3, 0.4) is 0 Å². The summed E-state index contributed by atoms with van der Waals surface area (Å²) in [4.78, 5) is 10.8. The normalized spacial score (nSPS) is 10.7. The molecule has 6 nitrogen and oxygen atoms in total. The van der Waals surface area contributed by atoms with Crippen molar-refractivity contribution in [2.24, 2.45) is 0 Å². The molecule has 1 heterocycles. The zero-order valence-corrected chi connectivity index (χ0v) is 16.4. The van der Waals surface area contributed by atoms with Gasteiger partial charge in [-0.3, -0.25) is 0 Å². The molecule has 146 valence electrons. The average Bonchev–Trinajstić information content (AvgIpc) is 2.77. The number of anilines is 3. The minimum atomic E-state index is 0.318. The summed E-state index contributed by atoms with van der Waals surface area (Å²) in [6.07, 6.45) is 1.47. The van der Waals surface area contributed by atoms with Crippen molar-refractivity contribution in [1.82, 2.24) is 9.97 Å². The molecule has 29 heavy (non-hydrogen) atoms. The van der Waals surface area contributed by atoms with Crippen LogP contribution in [0.5, 0.6) is 17.4 Å². The highest BCUT2D eigenvalue weighted by molar-refractivity contribution is 5.96. The number of hydrogen-bond acceptors (Lipinski definition) is 6. The lowest BCUT2D eigenvalue weighted by atomic mass is 10.1. The predicted octanol–water partition coefficient (Wildman–Crippen LogP) is 5.17. The monoisotopic (exact) mass is 386 g/mol. The van der Waals surface area contributed by atoms with Crippen LogP contribution in [0.4, 0.5) is 17.2 Å². The van der Waals surface area contributed by atoms with Crippen LogP contribution in [0.15, 0.2) is 73.1 Å². The molecule has 1 aromatic heterocycles. The van der Waals surface area contributed by atoms with Crippen molar-refractivity contribution < 1.29 is 9.47 Å². The molecule has 0 unspecified atom stereocenters. The maximum absolute atomic E-state index is 6.43.